The van der Waals surface area contributed by atoms with Crippen molar-refractivity contribution in [1.82, 2.24) is 10.6 Å². The molecule has 2 aromatic rings. The Hall–Kier alpha value is -2.66. The molecule has 1 heterocycles. The third-order valence-electron chi connectivity index (χ3n) is 4.44. The van der Waals surface area contributed by atoms with Crippen LogP contribution >= 0.6 is 0 Å². The average Bonchev–Trinajstić information content (AvgIpc) is 2.61. The lowest BCUT2D eigenvalue weighted by Crippen LogP contribution is -2.52. The van der Waals surface area contributed by atoms with Gasteiger partial charge in [-0.05, 0) is 49.1 Å². The van der Waals surface area contributed by atoms with Crippen molar-refractivity contribution in [3.05, 3.63) is 65.2 Å². The number of amides is 2. The topological polar surface area (TPSA) is 70.2 Å². The first-order chi connectivity index (χ1) is 12.0. The second-order valence-electron chi connectivity index (χ2n) is 6.50. The van der Waals surface area contributed by atoms with Crippen molar-refractivity contribution in [2.75, 3.05) is 5.32 Å². The van der Waals surface area contributed by atoms with Crippen LogP contribution in [-0.2, 0) is 22.6 Å². The smallest absolute Gasteiger partial charge is 0.246 e. The lowest BCUT2D eigenvalue weighted by Gasteiger charge is -2.26. The monoisotopic (exact) mass is 337 g/mol. The summed E-state index contributed by atoms with van der Waals surface area (Å²) in [4.78, 5) is 24.8. The molecule has 0 fully saturated rings. The number of rotatable bonds is 4. The van der Waals surface area contributed by atoms with E-state index < -0.39 is 6.04 Å². The summed E-state index contributed by atoms with van der Waals surface area (Å²) in [5.41, 5.74) is 4.20. The van der Waals surface area contributed by atoms with Gasteiger partial charge in [0.1, 0.15) is 6.04 Å². The summed E-state index contributed by atoms with van der Waals surface area (Å²) in [5, 5.41) is 8.87. The van der Waals surface area contributed by atoms with E-state index in [-0.39, 0.29) is 17.9 Å². The van der Waals surface area contributed by atoms with E-state index in [4.69, 9.17) is 0 Å². The van der Waals surface area contributed by atoms with Crippen LogP contribution in [0.4, 0.5) is 5.69 Å². The molecule has 5 heteroatoms. The predicted octanol–water partition coefficient (Wildman–Crippen LogP) is 2.15. The van der Waals surface area contributed by atoms with Crippen LogP contribution in [0.5, 0.6) is 0 Å². The van der Waals surface area contributed by atoms with Crippen LogP contribution < -0.4 is 16.0 Å². The Balaban J connectivity index is 1.56. The van der Waals surface area contributed by atoms with Gasteiger partial charge in [-0.25, -0.2) is 0 Å². The van der Waals surface area contributed by atoms with Crippen LogP contribution in [0.15, 0.2) is 48.5 Å². The number of anilines is 1. The Kier molecular flexibility index (Phi) is 5.14. The third-order valence-corrected chi connectivity index (χ3v) is 4.44. The van der Waals surface area contributed by atoms with E-state index in [0.29, 0.717) is 13.0 Å². The van der Waals surface area contributed by atoms with Gasteiger partial charge in [0.2, 0.25) is 11.8 Å². The molecule has 0 aliphatic carbocycles. The van der Waals surface area contributed by atoms with Crippen molar-refractivity contribution in [2.24, 2.45) is 0 Å². The molecule has 0 bridgehead atoms. The molecule has 3 N–H and O–H groups in total. The number of carbonyl (C=O) groups is 2. The zero-order valence-corrected chi connectivity index (χ0v) is 14.5. The van der Waals surface area contributed by atoms with Gasteiger partial charge in [-0.15, -0.1) is 0 Å². The SMILES string of the molecule is Cc1cccc(NC(=O)[C@H](C)NC(=O)[C@H]2Cc3ccccc3CN2)c1. The standard InChI is InChI=1S/C20H23N3O2/c1-13-6-5-9-17(10-13)23-19(24)14(2)22-20(25)18-11-15-7-3-4-8-16(15)12-21-18/h3-10,14,18,21H,11-12H2,1-2H3,(H,22,25)(H,23,24)/t14-,18+/m0/s1. The molecule has 25 heavy (non-hydrogen) atoms. The number of hydrogen-bond donors (Lipinski definition) is 3. The fourth-order valence-electron chi connectivity index (χ4n) is 2.99. The van der Waals surface area contributed by atoms with E-state index in [1.807, 2.05) is 49.4 Å². The Morgan fingerprint density at radius 2 is 1.88 bits per heavy atom. The Morgan fingerprint density at radius 1 is 1.12 bits per heavy atom. The fraction of sp³-hybridized carbons (Fsp3) is 0.300. The second kappa shape index (κ2) is 7.49. The van der Waals surface area contributed by atoms with Crippen molar-refractivity contribution in [1.29, 1.82) is 0 Å². The molecule has 0 unspecified atom stereocenters. The van der Waals surface area contributed by atoms with Gasteiger partial charge in [0.25, 0.3) is 0 Å². The summed E-state index contributed by atoms with van der Waals surface area (Å²) in [7, 11) is 0. The molecule has 1 aliphatic heterocycles. The zero-order chi connectivity index (χ0) is 17.8. The number of nitrogens with one attached hydrogen (secondary N) is 3. The van der Waals surface area contributed by atoms with Gasteiger partial charge in [0.15, 0.2) is 0 Å². The highest BCUT2D eigenvalue weighted by molar-refractivity contribution is 5.97. The van der Waals surface area contributed by atoms with Crippen molar-refractivity contribution in [3.8, 4) is 0 Å². The highest BCUT2D eigenvalue weighted by Crippen LogP contribution is 2.16. The highest BCUT2D eigenvalue weighted by atomic mass is 16.2. The number of aryl methyl sites for hydroxylation is 1. The minimum Gasteiger partial charge on any atom is -0.343 e. The summed E-state index contributed by atoms with van der Waals surface area (Å²) in [6.45, 7) is 4.32. The quantitative estimate of drug-likeness (QED) is 0.801. The normalized spacial score (nSPS) is 17.3. The number of carbonyl (C=O) groups excluding carboxylic acids is 2. The molecule has 5 nitrogen and oxygen atoms in total. The van der Waals surface area contributed by atoms with Crippen LogP contribution in [0, 0.1) is 6.92 Å². The minimum atomic E-state index is -0.605. The fourth-order valence-corrected chi connectivity index (χ4v) is 2.99. The molecular formula is C20H23N3O2. The van der Waals surface area contributed by atoms with E-state index in [1.165, 1.54) is 11.1 Å². The Labute approximate surface area is 147 Å². The molecule has 130 valence electrons. The molecule has 0 radical (unpaired) electrons. The molecule has 0 saturated heterocycles. The van der Waals surface area contributed by atoms with Crippen LogP contribution in [0.3, 0.4) is 0 Å². The maximum Gasteiger partial charge on any atom is 0.246 e. The molecule has 1 aliphatic rings. The first kappa shape index (κ1) is 17.2. The van der Waals surface area contributed by atoms with E-state index in [1.54, 1.807) is 6.92 Å². The molecular weight excluding hydrogens is 314 g/mol. The second-order valence-corrected chi connectivity index (χ2v) is 6.50. The maximum absolute atomic E-state index is 12.5. The molecule has 0 spiro atoms. The molecule has 2 aromatic carbocycles. The molecule has 2 amide bonds. The maximum atomic E-state index is 12.5. The van der Waals surface area contributed by atoms with Gasteiger partial charge >= 0.3 is 0 Å². The number of fused-ring (bicyclic) bond motifs is 1. The van der Waals surface area contributed by atoms with Crippen LogP contribution in [0.1, 0.15) is 23.6 Å². The summed E-state index contributed by atoms with van der Waals surface area (Å²) in [6, 6.07) is 14.8. The van der Waals surface area contributed by atoms with Gasteiger partial charge in [-0.2, -0.15) is 0 Å². The van der Waals surface area contributed by atoms with Gasteiger partial charge < -0.3 is 16.0 Å². The largest absolute Gasteiger partial charge is 0.343 e. The first-order valence-corrected chi connectivity index (χ1v) is 8.51. The molecule has 3 rings (SSSR count). The summed E-state index contributed by atoms with van der Waals surface area (Å²) >= 11 is 0. The lowest BCUT2D eigenvalue weighted by atomic mass is 9.95. The van der Waals surface area contributed by atoms with Crippen LogP contribution in [0.25, 0.3) is 0 Å². The highest BCUT2D eigenvalue weighted by Gasteiger charge is 2.26. The lowest BCUT2D eigenvalue weighted by molar-refractivity contribution is -0.127. The van der Waals surface area contributed by atoms with E-state index in [2.05, 4.69) is 22.0 Å². The van der Waals surface area contributed by atoms with Crippen molar-refractivity contribution < 1.29 is 9.59 Å². The number of hydrogen-bond acceptors (Lipinski definition) is 3. The third kappa shape index (κ3) is 4.25. The zero-order valence-electron chi connectivity index (χ0n) is 14.5. The molecule has 0 aromatic heterocycles. The Bertz CT molecular complexity index is 788. The van der Waals surface area contributed by atoms with E-state index in [9.17, 15) is 9.59 Å². The summed E-state index contributed by atoms with van der Waals surface area (Å²) in [5.74, 6) is -0.378. The Morgan fingerprint density at radius 3 is 2.64 bits per heavy atom. The van der Waals surface area contributed by atoms with Crippen LogP contribution in [-0.4, -0.2) is 23.9 Å². The summed E-state index contributed by atoms with van der Waals surface area (Å²) in [6.07, 6.45) is 0.633. The van der Waals surface area contributed by atoms with Gasteiger partial charge in [0, 0.05) is 12.2 Å². The van der Waals surface area contributed by atoms with Crippen molar-refractivity contribution in [2.45, 2.75) is 38.9 Å². The van der Waals surface area contributed by atoms with Gasteiger partial charge in [-0.3, -0.25) is 9.59 Å². The predicted molar refractivity (Wildman–Crippen MR) is 98.2 cm³/mol. The van der Waals surface area contributed by atoms with E-state index in [0.717, 1.165) is 11.3 Å². The van der Waals surface area contributed by atoms with Crippen molar-refractivity contribution in [3.63, 3.8) is 0 Å². The van der Waals surface area contributed by atoms with E-state index >= 15 is 0 Å². The van der Waals surface area contributed by atoms with Gasteiger partial charge in [0.05, 0.1) is 6.04 Å². The van der Waals surface area contributed by atoms with Gasteiger partial charge in [-0.1, -0.05) is 36.4 Å². The molecule has 2 atom stereocenters. The minimum absolute atomic E-state index is 0.151. The van der Waals surface area contributed by atoms with Crippen LogP contribution in [0.2, 0.25) is 0 Å². The average molecular weight is 337 g/mol. The summed E-state index contributed by atoms with van der Waals surface area (Å²) < 4.78 is 0. The number of benzene rings is 2. The van der Waals surface area contributed by atoms with Crippen molar-refractivity contribution >= 4 is 17.5 Å². The first-order valence-electron chi connectivity index (χ1n) is 8.51. The molecule has 0 saturated carbocycles.